The van der Waals surface area contributed by atoms with E-state index in [0.717, 1.165) is 18.2 Å². The predicted molar refractivity (Wildman–Crippen MR) is 158 cm³/mol. The van der Waals surface area contributed by atoms with Gasteiger partial charge in [-0.3, -0.25) is 14.4 Å². The molecule has 0 spiro atoms. The van der Waals surface area contributed by atoms with Gasteiger partial charge in [0.2, 0.25) is 11.2 Å². The van der Waals surface area contributed by atoms with Gasteiger partial charge in [0.05, 0.1) is 19.0 Å². The third-order valence-corrected chi connectivity index (χ3v) is 7.28. The van der Waals surface area contributed by atoms with E-state index in [1.807, 2.05) is 13.8 Å². The first kappa shape index (κ1) is 29.1. The van der Waals surface area contributed by atoms with Crippen LogP contribution < -0.4 is 11.0 Å². The van der Waals surface area contributed by atoms with Crippen LogP contribution in [0.2, 0.25) is 0 Å². The summed E-state index contributed by atoms with van der Waals surface area (Å²) < 4.78 is 12.5. The van der Waals surface area contributed by atoms with E-state index in [9.17, 15) is 39.9 Å². The molecule has 5 rings (SSSR count). The van der Waals surface area contributed by atoms with Gasteiger partial charge < -0.3 is 39.3 Å². The van der Waals surface area contributed by atoms with E-state index in [2.05, 4.69) is 0 Å². The monoisotopic (exact) mass is 587 g/mol. The van der Waals surface area contributed by atoms with Gasteiger partial charge in [-0.05, 0) is 41.6 Å². The largest absolute Gasteiger partial charge is 0.507 e. The number of carbonyl (C=O) groups is 1. The van der Waals surface area contributed by atoms with Crippen LogP contribution in [0.1, 0.15) is 37.3 Å². The Balaban J connectivity index is 1.90. The highest BCUT2D eigenvalue weighted by atomic mass is 16.5. The molecule has 222 valence electrons. The molecule has 0 saturated heterocycles. The van der Waals surface area contributed by atoms with E-state index in [0.29, 0.717) is 17.4 Å². The van der Waals surface area contributed by atoms with E-state index in [-0.39, 0.29) is 22.6 Å². The van der Waals surface area contributed by atoms with Crippen molar-refractivity contribution in [2.75, 3.05) is 7.11 Å². The second kappa shape index (κ2) is 11.1. The Bertz CT molecular complexity index is 2020. The van der Waals surface area contributed by atoms with E-state index in [1.165, 1.54) is 13.2 Å². The third-order valence-electron chi connectivity index (χ3n) is 7.28. The van der Waals surface area contributed by atoms with Crippen LogP contribution >= 0.6 is 0 Å². The number of para-hydroxylation sites is 1. The lowest BCUT2D eigenvalue weighted by atomic mass is 9.86. The molecule has 0 unspecified atom stereocenters. The zero-order valence-electron chi connectivity index (χ0n) is 23.5. The molecule has 0 aliphatic carbocycles. The number of rotatable bonds is 7. The Hall–Kier alpha value is -5.45. The van der Waals surface area contributed by atoms with Gasteiger partial charge in [0.1, 0.15) is 22.5 Å². The summed E-state index contributed by atoms with van der Waals surface area (Å²) >= 11 is 0. The molecule has 5 aromatic rings. The molecule has 0 radical (unpaired) electrons. The van der Waals surface area contributed by atoms with E-state index < -0.39 is 74.8 Å². The minimum absolute atomic E-state index is 0.0184. The molecule has 0 fully saturated rings. The standard InChI is InChI=1S/C32H29NO10/c1-15(2)14-33-20-7-5-4-6-16(20)10-19(32(33)41)18(12-25(38)42-3)26-23(36)13-24(37)27-28(39)29(40)30(43-31(26)27)17-8-9-21(34)22(35)11-17/h4-11,13,15,18,34-37,40H,12,14H2,1-3H3/t18-/m1/s1. The average Bonchev–Trinajstić information content (AvgIpc) is 2.96. The number of aromatic nitrogens is 1. The second-order valence-electron chi connectivity index (χ2n) is 10.6. The summed E-state index contributed by atoms with van der Waals surface area (Å²) in [5, 5.41) is 52.6. The van der Waals surface area contributed by atoms with Crippen LogP contribution in [-0.2, 0) is 16.1 Å². The van der Waals surface area contributed by atoms with Gasteiger partial charge in [0.25, 0.3) is 5.56 Å². The molecular weight excluding hydrogens is 558 g/mol. The third kappa shape index (κ3) is 5.09. The predicted octanol–water partition coefficient (Wildman–Crippen LogP) is 4.65. The number of phenolic OH excluding ortho intramolecular Hbond substituents is 4. The number of fused-ring (bicyclic) bond motifs is 2. The molecule has 1 atom stereocenters. The molecule has 2 aromatic heterocycles. The van der Waals surface area contributed by atoms with Crippen molar-refractivity contribution in [3.05, 3.63) is 86.3 Å². The number of carbonyl (C=O) groups excluding carboxylic acids is 1. The Morgan fingerprint density at radius 3 is 2.30 bits per heavy atom. The molecule has 43 heavy (non-hydrogen) atoms. The van der Waals surface area contributed by atoms with Crippen molar-refractivity contribution < 1.29 is 39.5 Å². The smallest absolute Gasteiger partial charge is 0.306 e. The normalized spacial score (nSPS) is 12.2. The molecule has 0 saturated carbocycles. The van der Waals surface area contributed by atoms with Crippen molar-refractivity contribution in [3.63, 3.8) is 0 Å². The topological polar surface area (TPSA) is 180 Å². The van der Waals surface area contributed by atoms with Crippen molar-refractivity contribution in [3.8, 4) is 40.1 Å². The molecule has 0 amide bonds. The fraction of sp³-hybridized carbons (Fsp3) is 0.219. The van der Waals surface area contributed by atoms with Crippen molar-refractivity contribution >= 4 is 27.8 Å². The lowest BCUT2D eigenvalue weighted by Gasteiger charge is -2.22. The Kier molecular flexibility index (Phi) is 7.49. The number of aromatic hydroxyl groups is 5. The molecule has 0 bridgehead atoms. The summed E-state index contributed by atoms with van der Waals surface area (Å²) in [5.41, 5.74) is -1.38. The number of ether oxygens (including phenoxy) is 1. The van der Waals surface area contributed by atoms with Gasteiger partial charge in [-0.25, -0.2) is 0 Å². The summed E-state index contributed by atoms with van der Waals surface area (Å²) in [4.78, 5) is 40.2. The fourth-order valence-electron chi connectivity index (χ4n) is 5.30. The van der Waals surface area contributed by atoms with Crippen molar-refractivity contribution in [1.82, 2.24) is 4.57 Å². The van der Waals surface area contributed by atoms with Crippen LogP contribution in [0.3, 0.4) is 0 Å². The summed E-state index contributed by atoms with van der Waals surface area (Å²) in [6, 6.07) is 13.1. The number of phenols is 4. The van der Waals surface area contributed by atoms with Gasteiger partial charge in [0, 0.05) is 35.2 Å². The van der Waals surface area contributed by atoms with Crippen molar-refractivity contribution in [2.45, 2.75) is 32.7 Å². The van der Waals surface area contributed by atoms with Gasteiger partial charge in [-0.2, -0.15) is 0 Å². The fourth-order valence-corrected chi connectivity index (χ4v) is 5.30. The lowest BCUT2D eigenvalue weighted by molar-refractivity contribution is -0.140. The number of hydrogen-bond donors (Lipinski definition) is 5. The minimum atomic E-state index is -1.24. The molecule has 5 N–H and O–H groups in total. The number of pyridine rings is 1. The molecule has 3 aromatic carbocycles. The zero-order valence-corrected chi connectivity index (χ0v) is 23.5. The van der Waals surface area contributed by atoms with E-state index in [1.54, 1.807) is 34.9 Å². The second-order valence-corrected chi connectivity index (χ2v) is 10.6. The van der Waals surface area contributed by atoms with Gasteiger partial charge >= 0.3 is 5.97 Å². The summed E-state index contributed by atoms with van der Waals surface area (Å²) in [7, 11) is 1.17. The number of hydrogen-bond acceptors (Lipinski definition) is 10. The Labute approximate surface area is 244 Å². The lowest BCUT2D eigenvalue weighted by Crippen LogP contribution is -2.29. The highest BCUT2D eigenvalue weighted by molar-refractivity contribution is 5.92. The van der Waals surface area contributed by atoms with Crippen LogP contribution in [-0.4, -0.2) is 43.2 Å². The van der Waals surface area contributed by atoms with Crippen LogP contribution in [0.4, 0.5) is 0 Å². The Morgan fingerprint density at radius 1 is 0.907 bits per heavy atom. The Morgan fingerprint density at radius 2 is 1.63 bits per heavy atom. The first-order valence-electron chi connectivity index (χ1n) is 13.4. The summed E-state index contributed by atoms with van der Waals surface area (Å²) in [6.07, 6.45) is -0.459. The molecule has 0 aliphatic heterocycles. The summed E-state index contributed by atoms with van der Waals surface area (Å²) in [6.45, 7) is 4.24. The zero-order chi connectivity index (χ0) is 31.2. The van der Waals surface area contributed by atoms with Crippen molar-refractivity contribution in [2.24, 2.45) is 5.92 Å². The molecule has 11 heteroatoms. The molecule has 0 aliphatic rings. The molecule has 2 heterocycles. The maximum Gasteiger partial charge on any atom is 0.306 e. The number of methoxy groups -OCH3 is 1. The quantitative estimate of drug-likeness (QED) is 0.133. The highest BCUT2D eigenvalue weighted by Crippen LogP contribution is 2.44. The molecule has 11 nitrogen and oxygen atoms in total. The van der Waals surface area contributed by atoms with Crippen LogP contribution in [0.5, 0.6) is 28.7 Å². The number of benzene rings is 3. The van der Waals surface area contributed by atoms with Crippen LogP contribution in [0.25, 0.3) is 33.2 Å². The van der Waals surface area contributed by atoms with Crippen molar-refractivity contribution in [1.29, 1.82) is 0 Å². The van der Waals surface area contributed by atoms with Gasteiger partial charge in [0.15, 0.2) is 17.3 Å². The highest BCUT2D eigenvalue weighted by Gasteiger charge is 2.32. The minimum Gasteiger partial charge on any atom is -0.507 e. The van der Waals surface area contributed by atoms with Crippen LogP contribution in [0, 0.1) is 5.92 Å². The number of nitrogens with zero attached hydrogens (tertiary/aromatic N) is 1. The maximum atomic E-state index is 14.1. The molecular formula is C32H29NO10. The number of esters is 1. The average molecular weight is 588 g/mol. The van der Waals surface area contributed by atoms with Gasteiger partial charge in [-0.15, -0.1) is 0 Å². The first-order valence-corrected chi connectivity index (χ1v) is 13.4. The van der Waals surface area contributed by atoms with Gasteiger partial charge in [-0.1, -0.05) is 32.0 Å². The first-order chi connectivity index (χ1) is 20.4. The summed E-state index contributed by atoms with van der Waals surface area (Å²) in [5.74, 6) is -5.60. The maximum absolute atomic E-state index is 14.1. The SMILES string of the molecule is COC(=O)C[C@H](c1cc2ccccc2n(CC(C)C)c1=O)c1c(O)cc(O)c2c(=O)c(O)c(-c3ccc(O)c(O)c3)oc12. The van der Waals surface area contributed by atoms with Crippen LogP contribution in [0.15, 0.2) is 68.6 Å². The van der Waals surface area contributed by atoms with E-state index in [4.69, 9.17) is 9.15 Å². The van der Waals surface area contributed by atoms with E-state index >= 15 is 0 Å².